The van der Waals surface area contributed by atoms with E-state index in [2.05, 4.69) is 10.3 Å². The van der Waals surface area contributed by atoms with E-state index >= 15 is 0 Å². The molecule has 1 aliphatic heterocycles. The summed E-state index contributed by atoms with van der Waals surface area (Å²) >= 11 is 6.00. The van der Waals surface area contributed by atoms with Crippen LogP contribution in [0.25, 0.3) is 10.1 Å². The molecule has 1 N–H and O–H groups in total. The largest absolute Gasteiger partial charge is 0.416 e. The molecule has 1 aromatic carbocycles. The van der Waals surface area contributed by atoms with Crippen LogP contribution in [0.4, 0.5) is 18.9 Å². The number of halogens is 3. The maximum absolute atomic E-state index is 13.0. The lowest BCUT2D eigenvalue weighted by molar-refractivity contribution is -0.383. The standard InChI is InChI=1S/C13H10F3N3O3S2/c14-13(15,16)6-3-7-10(8(4-6)19(20)21)24-12(18-11(7)23)9-5-17-1-2-22-9/h3-4,9,17H,1-2,5H2. The predicted molar refractivity (Wildman–Crippen MR) is 83.7 cm³/mol. The van der Waals surface area contributed by atoms with Gasteiger partial charge in [-0.15, -0.1) is 11.3 Å². The molecule has 0 saturated carbocycles. The van der Waals surface area contributed by atoms with Crippen molar-refractivity contribution in [1.29, 1.82) is 0 Å². The molecule has 128 valence electrons. The van der Waals surface area contributed by atoms with Gasteiger partial charge in [0.15, 0.2) is 0 Å². The first-order valence-corrected chi connectivity index (χ1v) is 8.02. The molecule has 24 heavy (non-hydrogen) atoms. The van der Waals surface area contributed by atoms with Gasteiger partial charge in [0.05, 0.1) is 17.1 Å². The minimum absolute atomic E-state index is 0.0518. The third-order valence-electron chi connectivity index (χ3n) is 3.45. The fourth-order valence-electron chi connectivity index (χ4n) is 2.33. The number of benzene rings is 1. The summed E-state index contributed by atoms with van der Waals surface area (Å²) in [6.45, 7) is 1.57. The fourth-order valence-corrected chi connectivity index (χ4v) is 3.84. The number of nitro benzene ring substituents is 1. The van der Waals surface area contributed by atoms with Gasteiger partial charge in [0.2, 0.25) is 0 Å². The van der Waals surface area contributed by atoms with E-state index in [9.17, 15) is 23.3 Å². The molecule has 3 rings (SSSR count). The Morgan fingerprint density at radius 1 is 1.46 bits per heavy atom. The number of alkyl halides is 3. The summed E-state index contributed by atoms with van der Waals surface area (Å²) in [5.41, 5.74) is -1.76. The molecule has 0 bridgehead atoms. The van der Waals surface area contributed by atoms with Gasteiger partial charge in [-0.25, -0.2) is 4.98 Å². The van der Waals surface area contributed by atoms with Crippen molar-refractivity contribution in [1.82, 2.24) is 10.3 Å². The number of hydrogen-bond donors (Lipinski definition) is 1. The quantitative estimate of drug-likeness (QED) is 0.489. The van der Waals surface area contributed by atoms with E-state index in [1.54, 1.807) is 0 Å². The van der Waals surface area contributed by atoms with Crippen LogP contribution in [0.3, 0.4) is 0 Å². The molecule has 1 saturated heterocycles. The van der Waals surface area contributed by atoms with E-state index in [1.165, 1.54) is 0 Å². The molecule has 0 spiro atoms. The van der Waals surface area contributed by atoms with Crippen LogP contribution in [0.15, 0.2) is 12.1 Å². The Hall–Kier alpha value is -1.69. The van der Waals surface area contributed by atoms with Crippen LogP contribution < -0.4 is 5.32 Å². The molecule has 6 nitrogen and oxygen atoms in total. The van der Waals surface area contributed by atoms with Crippen molar-refractivity contribution in [3.05, 3.63) is 37.5 Å². The van der Waals surface area contributed by atoms with E-state index in [1.807, 2.05) is 0 Å². The highest BCUT2D eigenvalue weighted by Gasteiger charge is 2.34. The SMILES string of the molecule is O=[N+]([O-])c1cc(C(F)(F)F)cc2c(=S)nc(C3CNCCO3)sc12. The average Bonchev–Trinajstić information content (AvgIpc) is 2.53. The maximum Gasteiger partial charge on any atom is 0.416 e. The topological polar surface area (TPSA) is 77.3 Å². The normalized spacial score (nSPS) is 18.7. The van der Waals surface area contributed by atoms with E-state index in [0.29, 0.717) is 30.8 Å². The summed E-state index contributed by atoms with van der Waals surface area (Å²) in [6, 6.07) is 1.33. The number of aromatic nitrogens is 1. The average molecular weight is 377 g/mol. The number of nitrogens with one attached hydrogen (secondary N) is 1. The number of rotatable bonds is 2. The van der Waals surface area contributed by atoms with Crippen molar-refractivity contribution < 1.29 is 22.8 Å². The first-order valence-electron chi connectivity index (χ1n) is 6.80. The third kappa shape index (κ3) is 3.24. The first-order chi connectivity index (χ1) is 11.3. The maximum atomic E-state index is 13.0. The molecular weight excluding hydrogens is 367 g/mol. The number of hydrogen-bond acceptors (Lipinski definition) is 7. The van der Waals surface area contributed by atoms with Crippen molar-refractivity contribution in [2.45, 2.75) is 12.3 Å². The van der Waals surface area contributed by atoms with Crippen LogP contribution in [0, 0.1) is 14.8 Å². The van der Waals surface area contributed by atoms with Gasteiger partial charge in [-0.3, -0.25) is 10.1 Å². The van der Waals surface area contributed by atoms with Crippen LogP contribution in [-0.2, 0) is 10.9 Å². The molecule has 1 unspecified atom stereocenters. The number of ether oxygens (including phenoxy) is 1. The smallest absolute Gasteiger partial charge is 0.368 e. The van der Waals surface area contributed by atoms with Gasteiger partial charge in [-0.1, -0.05) is 12.2 Å². The minimum Gasteiger partial charge on any atom is -0.368 e. The van der Waals surface area contributed by atoms with E-state index < -0.39 is 28.5 Å². The second kappa shape index (κ2) is 6.31. The second-order valence-corrected chi connectivity index (χ2v) is 6.47. The Bertz CT molecular complexity index is 863. The molecule has 0 amide bonds. The molecule has 1 atom stereocenters. The Labute approximate surface area is 142 Å². The lowest BCUT2D eigenvalue weighted by Gasteiger charge is -2.22. The van der Waals surface area contributed by atoms with Crippen molar-refractivity contribution in [2.24, 2.45) is 0 Å². The molecule has 11 heteroatoms. The van der Waals surface area contributed by atoms with Gasteiger partial charge in [0.1, 0.15) is 20.5 Å². The molecule has 0 radical (unpaired) electrons. The van der Waals surface area contributed by atoms with Gasteiger partial charge in [0.25, 0.3) is 5.69 Å². The molecule has 1 aliphatic rings. The van der Waals surface area contributed by atoms with Crippen LogP contribution in [0.1, 0.15) is 16.7 Å². The van der Waals surface area contributed by atoms with Gasteiger partial charge in [-0.05, 0) is 6.07 Å². The van der Waals surface area contributed by atoms with Crippen LogP contribution >= 0.6 is 23.6 Å². The second-order valence-electron chi connectivity index (χ2n) is 5.05. The number of fused-ring (bicyclic) bond motifs is 1. The molecule has 2 heterocycles. The summed E-state index contributed by atoms with van der Waals surface area (Å²) in [7, 11) is 0. The van der Waals surface area contributed by atoms with Gasteiger partial charge in [0, 0.05) is 24.5 Å². The molecule has 2 aromatic rings. The molecule has 0 aliphatic carbocycles. The summed E-state index contributed by atoms with van der Waals surface area (Å²) < 4.78 is 44.4. The monoisotopic (exact) mass is 377 g/mol. The van der Waals surface area contributed by atoms with Gasteiger partial charge >= 0.3 is 6.18 Å². The Balaban J connectivity index is 2.24. The number of non-ortho nitro benzene ring substituents is 1. The first kappa shape index (κ1) is 17.1. The number of nitro groups is 1. The van der Waals surface area contributed by atoms with E-state index in [-0.39, 0.29) is 14.7 Å². The number of nitrogens with zero attached hydrogens (tertiary/aromatic N) is 2. The number of morpholine rings is 1. The predicted octanol–water partition coefficient (Wildman–Crippen LogP) is 3.61. The highest BCUT2D eigenvalue weighted by atomic mass is 32.1. The third-order valence-corrected chi connectivity index (χ3v) is 4.95. The van der Waals surface area contributed by atoms with E-state index in [4.69, 9.17) is 17.0 Å². The fraction of sp³-hybridized carbons (Fsp3) is 0.385. The van der Waals surface area contributed by atoms with Gasteiger partial charge < -0.3 is 10.1 Å². The zero-order valence-corrected chi connectivity index (χ0v) is 13.6. The summed E-state index contributed by atoms with van der Waals surface area (Å²) in [6.07, 6.45) is -5.14. The van der Waals surface area contributed by atoms with Crippen molar-refractivity contribution >= 4 is 39.3 Å². The van der Waals surface area contributed by atoms with Gasteiger partial charge in [-0.2, -0.15) is 13.2 Å². The van der Waals surface area contributed by atoms with Crippen LogP contribution in [0.5, 0.6) is 0 Å². The van der Waals surface area contributed by atoms with Crippen molar-refractivity contribution in [2.75, 3.05) is 19.7 Å². The lowest BCUT2D eigenvalue weighted by Crippen LogP contribution is -2.33. The Kier molecular flexibility index (Phi) is 4.51. The van der Waals surface area contributed by atoms with E-state index in [0.717, 1.165) is 17.4 Å². The zero-order valence-electron chi connectivity index (χ0n) is 11.9. The van der Waals surface area contributed by atoms with Crippen molar-refractivity contribution in [3.8, 4) is 0 Å². The summed E-state index contributed by atoms with van der Waals surface area (Å²) in [5, 5.41) is 14.7. The summed E-state index contributed by atoms with van der Waals surface area (Å²) in [4.78, 5) is 14.5. The molecule has 1 fully saturated rings. The van der Waals surface area contributed by atoms with Crippen LogP contribution in [0.2, 0.25) is 0 Å². The zero-order chi connectivity index (χ0) is 17.5. The lowest BCUT2D eigenvalue weighted by atomic mass is 10.1. The molecular formula is C13H10F3N3O3S2. The highest BCUT2D eigenvalue weighted by Crippen LogP contribution is 2.39. The Morgan fingerprint density at radius 3 is 2.79 bits per heavy atom. The summed E-state index contributed by atoms with van der Waals surface area (Å²) in [5.74, 6) is 0. The highest BCUT2D eigenvalue weighted by molar-refractivity contribution is 7.71. The molecule has 1 aromatic heterocycles. The Morgan fingerprint density at radius 2 is 2.21 bits per heavy atom. The van der Waals surface area contributed by atoms with Crippen molar-refractivity contribution in [3.63, 3.8) is 0 Å². The van der Waals surface area contributed by atoms with Crippen LogP contribution in [-0.4, -0.2) is 29.6 Å². The minimum atomic E-state index is -4.71.